The molecule has 1 amide bonds. The second kappa shape index (κ2) is 4.26. The van der Waals surface area contributed by atoms with E-state index in [9.17, 15) is 4.79 Å². The second-order valence-electron chi connectivity index (χ2n) is 4.90. The molecule has 0 bridgehead atoms. The number of carbonyl (C=O) groups excluding carboxylic acids is 1. The summed E-state index contributed by atoms with van der Waals surface area (Å²) in [7, 11) is 0. The zero-order valence-electron chi connectivity index (χ0n) is 9.79. The summed E-state index contributed by atoms with van der Waals surface area (Å²) >= 11 is 0. The van der Waals surface area contributed by atoms with Gasteiger partial charge in [-0.05, 0) is 32.3 Å². The Balaban J connectivity index is 1.94. The first-order chi connectivity index (χ1) is 7.60. The molecule has 2 N–H and O–H groups in total. The van der Waals surface area contributed by atoms with Crippen LogP contribution in [0.25, 0.3) is 0 Å². The van der Waals surface area contributed by atoms with Gasteiger partial charge in [-0.25, -0.2) is 5.43 Å². The minimum atomic E-state index is -0.311. The topological polar surface area (TPSA) is 41.1 Å². The van der Waals surface area contributed by atoms with Gasteiger partial charge in [0.1, 0.15) is 0 Å². The SMILES string of the molecule is CC1(C)C(=O)NNC1CCc1ccccc1. The number of carbonyl (C=O) groups is 1. The van der Waals surface area contributed by atoms with E-state index in [0.717, 1.165) is 12.8 Å². The highest BCUT2D eigenvalue weighted by molar-refractivity contribution is 5.84. The van der Waals surface area contributed by atoms with E-state index in [1.807, 2.05) is 32.0 Å². The fraction of sp³-hybridized carbons (Fsp3) is 0.462. The summed E-state index contributed by atoms with van der Waals surface area (Å²) in [6.07, 6.45) is 1.96. The highest BCUT2D eigenvalue weighted by Gasteiger charge is 2.41. The number of aryl methyl sites for hydroxylation is 1. The molecular weight excluding hydrogens is 200 g/mol. The molecule has 1 saturated heterocycles. The van der Waals surface area contributed by atoms with Crippen LogP contribution in [0.2, 0.25) is 0 Å². The van der Waals surface area contributed by atoms with Crippen LogP contribution in [-0.4, -0.2) is 11.9 Å². The number of amides is 1. The van der Waals surface area contributed by atoms with Gasteiger partial charge in [0.05, 0.1) is 5.41 Å². The molecule has 3 nitrogen and oxygen atoms in total. The molecule has 2 rings (SSSR count). The third kappa shape index (κ3) is 2.09. The Kier molecular flexibility index (Phi) is 2.97. The molecule has 0 aromatic heterocycles. The quantitative estimate of drug-likeness (QED) is 0.810. The average Bonchev–Trinajstić information content (AvgIpc) is 2.53. The van der Waals surface area contributed by atoms with Crippen LogP contribution in [0, 0.1) is 5.41 Å². The first-order valence-corrected chi connectivity index (χ1v) is 5.70. The van der Waals surface area contributed by atoms with Crippen molar-refractivity contribution in [2.24, 2.45) is 5.41 Å². The van der Waals surface area contributed by atoms with Crippen molar-refractivity contribution < 1.29 is 4.79 Å². The fourth-order valence-electron chi connectivity index (χ4n) is 2.04. The zero-order chi connectivity index (χ0) is 11.6. The molecule has 0 spiro atoms. The highest BCUT2D eigenvalue weighted by atomic mass is 16.2. The maximum atomic E-state index is 11.5. The van der Waals surface area contributed by atoms with E-state index in [2.05, 4.69) is 23.0 Å². The molecular formula is C13H18N2O. The van der Waals surface area contributed by atoms with Gasteiger partial charge in [-0.15, -0.1) is 0 Å². The average molecular weight is 218 g/mol. The normalized spacial score (nSPS) is 23.1. The van der Waals surface area contributed by atoms with Crippen molar-refractivity contribution in [3.63, 3.8) is 0 Å². The summed E-state index contributed by atoms with van der Waals surface area (Å²) in [5, 5.41) is 0. The first-order valence-electron chi connectivity index (χ1n) is 5.70. The molecule has 1 fully saturated rings. The molecule has 16 heavy (non-hydrogen) atoms. The Labute approximate surface area is 96.2 Å². The predicted octanol–water partition coefficient (Wildman–Crippen LogP) is 1.65. The minimum Gasteiger partial charge on any atom is -0.291 e. The third-order valence-corrected chi connectivity index (χ3v) is 3.38. The van der Waals surface area contributed by atoms with Gasteiger partial charge >= 0.3 is 0 Å². The number of nitrogens with one attached hydrogen (secondary N) is 2. The molecule has 0 aliphatic carbocycles. The van der Waals surface area contributed by atoms with Crippen molar-refractivity contribution in [2.45, 2.75) is 32.7 Å². The Morgan fingerprint density at radius 3 is 2.50 bits per heavy atom. The molecule has 1 aliphatic rings. The van der Waals surface area contributed by atoms with Crippen molar-refractivity contribution in [1.82, 2.24) is 10.9 Å². The Bertz CT molecular complexity index is 373. The van der Waals surface area contributed by atoms with E-state index < -0.39 is 0 Å². The van der Waals surface area contributed by atoms with Gasteiger partial charge in [-0.2, -0.15) is 0 Å². The molecule has 0 saturated carbocycles. The number of benzene rings is 1. The monoisotopic (exact) mass is 218 g/mol. The van der Waals surface area contributed by atoms with Crippen LogP contribution in [0.5, 0.6) is 0 Å². The van der Waals surface area contributed by atoms with Crippen molar-refractivity contribution in [3.05, 3.63) is 35.9 Å². The molecule has 1 aliphatic heterocycles. The van der Waals surface area contributed by atoms with E-state index in [1.165, 1.54) is 5.56 Å². The molecule has 1 aromatic carbocycles. The van der Waals surface area contributed by atoms with Crippen LogP contribution in [0.3, 0.4) is 0 Å². The highest BCUT2D eigenvalue weighted by Crippen LogP contribution is 2.27. The van der Waals surface area contributed by atoms with Crippen LogP contribution >= 0.6 is 0 Å². The molecule has 1 atom stereocenters. The molecule has 1 unspecified atom stereocenters. The largest absolute Gasteiger partial charge is 0.291 e. The number of hydrazine groups is 1. The predicted molar refractivity (Wildman–Crippen MR) is 63.6 cm³/mol. The molecule has 1 aromatic rings. The van der Waals surface area contributed by atoms with Gasteiger partial charge in [-0.1, -0.05) is 30.3 Å². The van der Waals surface area contributed by atoms with Gasteiger partial charge in [0.25, 0.3) is 0 Å². The third-order valence-electron chi connectivity index (χ3n) is 3.38. The summed E-state index contributed by atoms with van der Waals surface area (Å²) < 4.78 is 0. The molecule has 3 heteroatoms. The van der Waals surface area contributed by atoms with E-state index in [1.54, 1.807) is 0 Å². The molecule has 1 heterocycles. The summed E-state index contributed by atoms with van der Waals surface area (Å²) in [4.78, 5) is 11.5. The van der Waals surface area contributed by atoms with Crippen molar-refractivity contribution in [3.8, 4) is 0 Å². The summed E-state index contributed by atoms with van der Waals surface area (Å²) in [5.41, 5.74) is 6.78. The zero-order valence-corrected chi connectivity index (χ0v) is 9.79. The first kappa shape index (κ1) is 11.1. The van der Waals surface area contributed by atoms with Crippen LogP contribution in [0.15, 0.2) is 30.3 Å². The smallest absolute Gasteiger partial charge is 0.241 e. The summed E-state index contributed by atoms with van der Waals surface area (Å²) in [6, 6.07) is 10.6. The molecule has 86 valence electrons. The van der Waals surface area contributed by atoms with Crippen molar-refractivity contribution in [1.29, 1.82) is 0 Å². The van der Waals surface area contributed by atoms with Crippen molar-refractivity contribution >= 4 is 5.91 Å². The van der Waals surface area contributed by atoms with E-state index in [-0.39, 0.29) is 17.4 Å². The van der Waals surface area contributed by atoms with E-state index in [4.69, 9.17) is 0 Å². The number of rotatable bonds is 3. The van der Waals surface area contributed by atoms with Gasteiger partial charge in [0.15, 0.2) is 0 Å². The van der Waals surface area contributed by atoms with Crippen LogP contribution in [0.4, 0.5) is 0 Å². The number of hydrogen-bond acceptors (Lipinski definition) is 2. The van der Waals surface area contributed by atoms with Crippen LogP contribution < -0.4 is 10.9 Å². The Morgan fingerprint density at radius 1 is 1.25 bits per heavy atom. The maximum Gasteiger partial charge on any atom is 0.241 e. The van der Waals surface area contributed by atoms with Crippen LogP contribution in [-0.2, 0) is 11.2 Å². The lowest BCUT2D eigenvalue weighted by molar-refractivity contribution is -0.126. The molecule has 0 radical (unpaired) electrons. The van der Waals surface area contributed by atoms with E-state index >= 15 is 0 Å². The maximum absolute atomic E-state index is 11.5. The van der Waals surface area contributed by atoms with Gasteiger partial charge in [-0.3, -0.25) is 10.2 Å². The van der Waals surface area contributed by atoms with Gasteiger partial charge in [0.2, 0.25) is 5.91 Å². The summed E-state index contributed by atoms with van der Waals surface area (Å²) in [6.45, 7) is 3.97. The minimum absolute atomic E-state index is 0.0885. The lowest BCUT2D eigenvalue weighted by Crippen LogP contribution is -2.35. The lowest BCUT2D eigenvalue weighted by atomic mass is 9.82. The second-order valence-corrected chi connectivity index (χ2v) is 4.90. The standard InChI is InChI=1S/C13H18N2O/c1-13(2)11(14-15-12(13)16)9-8-10-6-4-3-5-7-10/h3-7,11,14H,8-9H2,1-2H3,(H,15,16). The lowest BCUT2D eigenvalue weighted by Gasteiger charge is -2.22. The van der Waals surface area contributed by atoms with Gasteiger partial charge < -0.3 is 0 Å². The number of hydrogen-bond donors (Lipinski definition) is 2. The van der Waals surface area contributed by atoms with Crippen LogP contribution in [0.1, 0.15) is 25.8 Å². The van der Waals surface area contributed by atoms with Crippen molar-refractivity contribution in [2.75, 3.05) is 0 Å². The fourth-order valence-corrected chi connectivity index (χ4v) is 2.04. The Morgan fingerprint density at radius 2 is 1.94 bits per heavy atom. The summed E-state index contributed by atoms with van der Waals surface area (Å²) in [5.74, 6) is 0.0885. The van der Waals surface area contributed by atoms with E-state index in [0.29, 0.717) is 0 Å². The van der Waals surface area contributed by atoms with Gasteiger partial charge in [0, 0.05) is 6.04 Å². The Hall–Kier alpha value is -1.35.